The number of rotatable bonds is 8. The predicted octanol–water partition coefficient (Wildman–Crippen LogP) is 2.08. The van der Waals surface area contributed by atoms with Crippen molar-refractivity contribution in [3.8, 4) is 0 Å². The highest BCUT2D eigenvalue weighted by molar-refractivity contribution is 5.93. The molecular weight excluding hydrogens is 336 g/mol. The monoisotopic (exact) mass is 358 g/mol. The first-order valence-electron chi connectivity index (χ1n) is 8.11. The number of aromatic nitrogens is 2. The molecule has 0 saturated carbocycles. The minimum absolute atomic E-state index is 0.265. The number of nitrogens with one attached hydrogen (secondary N) is 2. The van der Waals surface area contributed by atoms with Crippen LogP contribution in [0.3, 0.4) is 0 Å². The molecule has 0 aliphatic carbocycles. The fourth-order valence-corrected chi connectivity index (χ4v) is 2.25. The maximum atomic E-state index is 12.2. The Labute approximate surface area is 151 Å². The van der Waals surface area contributed by atoms with Crippen molar-refractivity contribution in [3.63, 3.8) is 0 Å². The van der Waals surface area contributed by atoms with Crippen LogP contribution in [-0.2, 0) is 9.47 Å². The fourth-order valence-electron chi connectivity index (χ4n) is 2.25. The van der Waals surface area contributed by atoms with E-state index < -0.39 is 5.97 Å². The fraction of sp³-hybridized carbons (Fsp3) is 0.333. The van der Waals surface area contributed by atoms with E-state index in [2.05, 4.69) is 20.6 Å². The van der Waals surface area contributed by atoms with Crippen LogP contribution in [0.25, 0.3) is 0 Å². The molecular formula is C18H22N4O4. The molecule has 8 heteroatoms. The minimum atomic E-state index is -0.427. The molecule has 0 spiro atoms. The molecule has 0 aliphatic heterocycles. The van der Waals surface area contributed by atoms with Crippen LogP contribution in [0.4, 0.5) is 11.5 Å². The normalized spacial score (nSPS) is 10.3. The molecule has 0 atom stereocenters. The van der Waals surface area contributed by atoms with Crippen LogP contribution in [0.15, 0.2) is 30.3 Å². The number of carbonyl (C=O) groups excluding carboxylic acids is 2. The molecule has 0 bridgehead atoms. The average Bonchev–Trinajstić information content (AvgIpc) is 2.64. The number of amides is 1. The molecule has 0 radical (unpaired) electrons. The Morgan fingerprint density at radius 1 is 1.15 bits per heavy atom. The Kier molecular flexibility index (Phi) is 7.04. The molecule has 0 aliphatic rings. The molecule has 2 aromatic rings. The van der Waals surface area contributed by atoms with E-state index in [1.807, 2.05) is 0 Å². The molecule has 0 saturated heterocycles. The Hall–Kier alpha value is -3.00. The number of carbonyl (C=O) groups is 2. The second-order valence-electron chi connectivity index (χ2n) is 5.49. The zero-order valence-electron chi connectivity index (χ0n) is 15.0. The van der Waals surface area contributed by atoms with Gasteiger partial charge in [-0.1, -0.05) is 6.07 Å². The summed E-state index contributed by atoms with van der Waals surface area (Å²) in [4.78, 5) is 32.3. The van der Waals surface area contributed by atoms with Crippen LogP contribution in [-0.4, -0.2) is 49.2 Å². The van der Waals surface area contributed by atoms with Gasteiger partial charge in [-0.05, 0) is 31.5 Å². The quantitative estimate of drug-likeness (QED) is 0.550. The van der Waals surface area contributed by atoms with Crippen molar-refractivity contribution in [1.82, 2.24) is 15.3 Å². The largest absolute Gasteiger partial charge is 0.465 e. The van der Waals surface area contributed by atoms with Crippen molar-refractivity contribution in [2.24, 2.45) is 0 Å². The summed E-state index contributed by atoms with van der Waals surface area (Å²) in [5, 5.41) is 5.86. The third-order valence-corrected chi connectivity index (χ3v) is 3.44. The molecule has 1 heterocycles. The SMILES string of the molecule is COCCCNC(=O)c1cc(Nc2cccc(C(=O)OC)c2)nc(C)n1. The van der Waals surface area contributed by atoms with E-state index in [0.29, 0.717) is 36.0 Å². The van der Waals surface area contributed by atoms with Gasteiger partial charge in [-0.25, -0.2) is 14.8 Å². The number of esters is 1. The Balaban J connectivity index is 2.12. The van der Waals surface area contributed by atoms with Crippen LogP contribution in [0.5, 0.6) is 0 Å². The van der Waals surface area contributed by atoms with E-state index in [1.54, 1.807) is 44.4 Å². The topological polar surface area (TPSA) is 102 Å². The lowest BCUT2D eigenvalue weighted by Gasteiger charge is -2.10. The van der Waals surface area contributed by atoms with Crippen molar-refractivity contribution < 1.29 is 19.1 Å². The third kappa shape index (κ3) is 5.52. The van der Waals surface area contributed by atoms with E-state index >= 15 is 0 Å². The summed E-state index contributed by atoms with van der Waals surface area (Å²) < 4.78 is 9.66. The summed E-state index contributed by atoms with van der Waals surface area (Å²) in [6.07, 6.45) is 0.720. The third-order valence-electron chi connectivity index (χ3n) is 3.44. The number of aryl methyl sites for hydroxylation is 1. The summed E-state index contributed by atoms with van der Waals surface area (Å²) in [6, 6.07) is 8.37. The zero-order chi connectivity index (χ0) is 18.9. The highest BCUT2D eigenvalue weighted by Gasteiger charge is 2.11. The molecule has 0 fully saturated rings. The van der Waals surface area contributed by atoms with Gasteiger partial charge in [0.05, 0.1) is 12.7 Å². The van der Waals surface area contributed by atoms with E-state index in [0.717, 1.165) is 6.42 Å². The minimum Gasteiger partial charge on any atom is -0.465 e. The number of methoxy groups -OCH3 is 2. The molecule has 26 heavy (non-hydrogen) atoms. The molecule has 0 unspecified atom stereocenters. The van der Waals surface area contributed by atoms with Crippen molar-refractivity contribution >= 4 is 23.4 Å². The molecule has 1 amide bonds. The van der Waals surface area contributed by atoms with Gasteiger partial charge in [0.2, 0.25) is 0 Å². The van der Waals surface area contributed by atoms with E-state index in [1.165, 1.54) is 7.11 Å². The van der Waals surface area contributed by atoms with Gasteiger partial charge in [0.15, 0.2) is 0 Å². The summed E-state index contributed by atoms with van der Waals surface area (Å²) in [6.45, 7) is 2.78. The molecule has 1 aromatic carbocycles. The standard InChI is InChI=1S/C18H22N4O4/c1-12-20-15(17(23)19-8-5-9-25-2)11-16(21-12)22-14-7-4-6-13(10-14)18(24)26-3/h4,6-7,10-11H,5,8-9H2,1-3H3,(H,19,23)(H,20,21,22). The number of hydrogen-bond acceptors (Lipinski definition) is 7. The summed E-state index contributed by atoms with van der Waals surface area (Å²) >= 11 is 0. The molecule has 138 valence electrons. The molecule has 1 aromatic heterocycles. The first kappa shape index (κ1) is 19.3. The lowest BCUT2D eigenvalue weighted by atomic mass is 10.2. The lowest BCUT2D eigenvalue weighted by molar-refractivity contribution is 0.0600. The number of anilines is 2. The Bertz CT molecular complexity index is 780. The summed E-state index contributed by atoms with van der Waals surface area (Å²) in [5.74, 6) is 0.212. The van der Waals surface area contributed by atoms with Gasteiger partial charge in [-0.2, -0.15) is 0 Å². The predicted molar refractivity (Wildman–Crippen MR) is 96.7 cm³/mol. The van der Waals surface area contributed by atoms with Gasteiger partial charge in [-0.3, -0.25) is 4.79 Å². The Morgan fingerprint density at radius 3 is 2.69 bits per heavy atom. The molecule has 2 N–H and O–H groups in total. The van der Waals surface area contributed by atoms with Crippen LogP contribution in [0.2, 0.25) is 0 Å². The van der Waals surface area contributed by atoms with E-state index in [-0.39, 0.29) is 11.6 Å². The maximum absolute atomic E-state index is 12.2. The number of nitrogens with zero attached hydrogens (tertiary/aromatic N) is 2. The van der Waals surface area contributed by atoms with E-state index in [4.69, 9.17) is 9.47 Å². The highest BCUT2D eigenvalue weighted by atomic mass is 16.5. The first-order valence-corrected chi connectivity index (χ1v) is 8.11. The van der Waals surface area contributed by atoms with Crippen molar-refractivity contribution in [2.75, 3.05) is 32.7 Å². The van der Waals surface area contributed by atoms with E-state index in [9.17, 15) is 9.59 Å². The van der Waals surface area contributed by atoms with Gasteiger partial charge >= 0.3 is 5.97 Å². The van der Waals surface area contributed by atoms with Gasteiger partial charge in [0.25, 0.3) is 5.91 Å². The maximum Gasteiger partial charge on any atom is 0.337 e. The van der Waals surface area contributed by atoms with Crippen molar-refractivity contribution in [1.29, 1.82) is 0 Å². The summed E-state index contributed by atoms with van der Waals surface area (Å²) in [5.41, 5.74) is 1.33. The van der Waals surface area contributed by atoms with Crippen LogP contribution in [0.1, 0.15) is 33.1 Å². The van der Waals surface area contributed by atoms with Crippen LogP contribution >= 0.6 is 0 Å². The van der Waals surface area contributed by atoms with Crippen LogP contribution in [0, 0.1) is 6.92 Å². The van der Waals surface area contributed by atoms with Crippen molar-refractivity contribution in [2.45, 2.75) is 13.3 Å². The van der Waals surface area contributed by atoms with Gasteiger partial charge < -0.3 is 20.1 Å². The Morgan fingerprint density at radius 2 is 1.96 bits per heavy atom. The average molecular weight is 358 g/mol. The second-order valence-corrected chi connectivity index (χ2v) is 5.49. The molecule has 2 rings (SSSR count). The van der Waals surface area contributed by atoms with Crippen LogP contribution < -0.4 is 10.6 Å². The number of hydrogen-bond donors (Lipinski definition) is 2. The first-order chi connectivity index (χ1) is 12.5. The zero-order valence-corrected chi connectivity index (χ0v) is 15.0. The number of benzene rings is 1. The van der Waals surface area contributed by atoms with Gasteiger partial charge in [-0.15, -0.1) is 0 Å². The second kappa shape index (κ2) is 9.47. The van der Waals surface area contributed by atoms with Gasteiger partial charge in [0.1, 0.15) is 17.3 Å². The summed E-state index contributed by atoms with van der Waals surface area (Å²) in [7, 11) is 2.94. The lowest BCUT2D eigenvalue weighted by Crippen LogP contribution is -2.26. The molecule has 8 nitrogen and oxygen atoms in total. The number of ether oxygens (including phenoxy) is 2. The van der Waals surface area contributed by atoms with Crippen molar-refractivity contribution in [3.05, 3.63) is 47.4 Å². The highest BCUT2D eigenvalue weighted by Crippen LogP contribution is 2.17. The smallest absolute Gasteiger partial charge is 0.337 e. The van der Waals surface area contributed by atoms with Gasteiger partial charge in [0, 0.05) is 32.0 Å².